The third-order valence-corrected chi connectivity index (χ3v) is 3.52. The van der Waals surface area contributed by atoms with Gasteiger partial charge < -0.3 is 15.8 Å². The molecule has 5 heteroatoms. The molecule has 1 aliphatic heterocycles. The number of fused-ring (bicyclic) bond motifs is 1. The zero-order valence-electron chi connectivity index (χ0n) is 13.8. The lowest BCUT2D eigenvalue weighted by Crippen LogP contribution is -2.39. The van der Waals surface area contributed by atoms with E-state index in [9.17, 15) is 4.79 Å². The quantitative estimate of drug-likeness (QED) is 0.839. The standard InChI is InChI=1S/C17H27N3O2/c1-17(2,3)22-16(21)20-11-4-6-13-12-14(7-8-15(13)20)19-10-5-9-18/h7-8,12,19H,4-6,9-11,18H2,1-3H3. The molecule has 0 fully saturated rings. The third kappa shape index (κ3) is 4.37. The molecule has 0 saturated heterocycles. The van der Waals surface area contributed by atoms with Crippen molar-refractivity contribution in [3.05, 3.63) is 23.8 Å². The maximum Gasteiger partial charge on any atom is 0.414 e. The van der Waals surface area contributed by atoms with Crippen LogP contribution < -0.4 is 16.0 Å². The van der Waals surface area contributed by atoms with Crippen LogP contribution in [0, 0.1) is 0 Å². The average Bonchev–Trinajstić information content (AvgIpc) is 2.45. The molecule has 5 nitrogen and oxygen atoms in total. The van der Waals surface area contributed by atoms with Crippen LogP contribution in [-0.4, -0.2) is 31.3 Å². The number of nitrogens with two attached hydrogens (primary N) is 1. The van der Waals surface area contributed by atoms with Crippen molar-refractivity contribution in [1.29, 1.82) is 0 Å². The molecule has 0 saturated carbocycles. The Morgan fingerprint density at radius 2 is 2.18 bits per heavy atom. The molecule has 1 aromatic rings. The first kappa shape index (κ1) is 16.6. The summed E-state index contributed by atoms with van der Waals surface area (Å²) in [7, 11) is 0. The summed E-state index contributed by atoms with van der Waals surface area (Å²) in [6.45, 7) is 7.93. The number of hydrogen-bond donors (Lipinski definition) is 2. The van der Waals surface area contributed by atoms with Crippen molar-refractivity contribution >= 4 is 17.5 Å². The molecule has 1 aromatic carbocycles. The molecule has 0 aliphatic carbocycles. The second-order valence-electron chi connectivity index (χ2n) is 6.65. The highest BCUT2D eigenvalue weighted by Gasteiger charge is 2.27. The van der Waals surface area contributed by atoms with Crippen LogP contribution in [-0.2, 0) is 11.2 Å². The Bertz CT molecular complexity index is 523. The van der Waals surface area contributed by atoms with Gasteiger partial charge in [-0.3, -0.25) is 4.90 Å². The number of hydrogen-bond acceptors (Lipinski definition) is 4. The molecule has 122 valence electrons. The van der Waals surface area contributed by atoms with E-state index in [1.165, 1.54) is 5.56 Å². The molecule has 0 atom stereocenters. The monoisotopic (exact) mass is 305 g/mol. The number of rotatable bonds is 4. The third-order valence-electron chi connectivity index (χ3n) is 3.52. The summed E-state index contributed by atoms with van der Waals surface area (Å²) in [6, 6.07) is 6.14. The first-order chi connectivity index (χ1) is 10.4. The van der Waals surface area contributed by atoms with Crippen LogP contribution in [0.25, 0.3) is 0 Å². The van der Waals surface area contributed by atoms with Crippen LogP contribution in [0.4, 0.5) is 16.2 Å². The topological polar surface area (TPSA) is 67.6 Å². The van der Waals surface area contributed by atoms with Crippen LogP contribution in [0.2, 0.25) is 0 Å². The van der Waals surface area contributed by atoms with Gasteiger partial charge in [-0.1, -0.05) is 0 Å². The Labute approximate surface area is 132 Å². The molecule has 0 bridgehead atoms. The maximum atomic E-state index is 12.3. The summed E-state index contributed by atoms with van der Waals surface area (Å²) in [5.74, 6) is 0. The fourth-order valence-electron chi connectivity index (χ4n) is 2.55. The molecule has 2 rings (SSSR count). The number of nitrogens with zero attached hydrogens (tertiary/aromatic N) is 1. The Morgan fingerprint density at radius 1 is 1.41 bits per heavy atom. The van der Waals surface area contributed by atoms with Gasteiger partial charge in [-0.15, -0.1) is 0 Å². The van der Waals surface area contributed by atoms with Crippen molar-refractivity contribution in [3.63, 3.8) is 0 Å². The van der Waals surface area contributed by atoms with Gasteiger partial charge in [0.2, 0.25) is 0 Å². The van der Waals surface area contributed by atoms with Gasteiger partial charge in [0.15, 0.2) is 0 Å². The molecular formula is C17H27N3O2. The number of aryl methyl sites for hydroxylation is 1. The second-order valence-corrected chi connectivity index (χ2v) is 6.65. The normalized spacial score (nSPS) is 14.5. The molecule has 1 heterocycles. The lowest BCUT2D eigenvalue weighted by molar-refractivity contribution is 0.0578. The van der Waals surface area contributed by atoms with Crippen LogP contribution >= 0.6 is 0 Å². The first-order valence-corrected chi connectivity index (χ1v) is 7.98. The largest absolute Gasteiger partial charge is 0.443 e. The predicted molar refractivity (Wildman–Crippen MR) is 90.5 cm³/mol. The number of benzene rings is 1. The molecule has 22 heavy (non-hydrogen) atoms. The minimum absolute atomic E-state index is 0.266. The second kappa shape index (κ2) is 7.01. The number of anilines is 2. The average molecular weight is 305 g/mol. The zero-order valence-corrected chi connectivity index (χ0v) is 13.8. The van der Waals surface area contributed by atoms with E-state index in [2.05, 4.69) is 11.4 Å². The van der Waals surface area contributed by atoms with E-state index in [1.807, 2.05) is 32.9 Å². The Kier molecular flexibility index (Phi) is 5.29. The van der Waals surface area contributed by atoms with Gasteiger partial charge in [-0.05, 0) is 70.3 Å². The van der Waals surface area contributed by atoms with Crippen LogP contribution in [0.3, 0.4) is 0 Å². The van der Waals surface area contributed by atoms with Crippen molar-refractivity contribution < 1.29 is 9.53 Å². The number of nitrogens with one attached hydrogen (secondary N) is 1. The molecule has 0 unspecified atom stereocenters. The van der Waals surface area contributed by atoms with Crippen molar-refractivity contribution in [3.8, 4) is 0 Å². The predicted octanol–water partition coefficient (Wildman–Crippen LogP) is 3.14. The Hall–Kier alpha value is -1.75. The molecule has 3 N–H and O–H groups in total. The molecular weight excluding hydrogens is 278 g/mol. The minimum Gasteiger partial charge on any atom is -0.443 e. The Morgan fingerprint density at radius 3 is 2.86 bits per heavy atom. The van der Waals surface area contributed by atoms with E-state index in [0.717, 1.165) is 37.2 Å². The highest BCUT2D eigenvalue weighted by Crippen LogP contribution is 2.30. The molecule has 0 aromatic heterocycles. The summed E-state index contributed by atoms with van der Waals surface area (Å²) in [6.07, 6.45) is 2.62. The van der Waals surface area contributed by atoms with Gasteiger partial charge in [0, 0.05) is 18.8 Å². The van der Waals surface area contributed by atoms with Gasteiger partial charge >= 0.3 is 6.09 Å². The van der Waals surface area contributed by atoms with Crippen molar-refractivity contribution in [2.45, 2.75) is 45.6 Å². The summed E-state index contributed by atoms with van der Waals surface area (Å²) >= 11 is 0. The molecule has 1 amide bonds. The smallest absolute Gasteiger partial charge is 0.414 e. The summed E-state index contributed by atoms with van der Waals surface area (Å²) < 4.78 is 5.50. The highest BCUT2D eigenvalue weighted by atomic mass is 16.6. The summed E-state index contributed by atoms with van der Waals surface area (Å²) in [4.78, 5) is 14.1. The van der Waals surface area contributed by atoms with Gasteiger partial charge in [-0.25, -0.2) is 4.79 Å². The van der Waals surface area contributed by atoms with Crippen molar-refractivity contribution in [2.24, 2.45) is 5.73 Å². The van der Waals surface area contributed by atoms with E-state index in [1.54, 1.807) is 4.90 Å². The maximum absolute atomic E-state index is 12.3. The number of ether oxygens (including phenoxy) is 1. The highest BCUT2D eigenvalue weighted by molar-refractivity contribution is 5.90. The zero-order chi connectivity index (χ0) is 16.2. The molecule has 1 aliphatic rings. The van der Waals surface area contributed by atoms with Crippen molar-refractivity contribution in [1.82, 2.24) is 0 Å². The van der Waals surface area contributed by atoms with Gasteiger partial charge in [0.1, 0.15) is 5.60 Å². The lowest BCUT2D eigenvalue weighted by Gasteiger charge is -2.32. The van der Waals surface area contributed by atoms with E-state index >= 15 is 0 Å². The van der Waals surface area contributed by atoms with E-state index in [-0.39, 0.29) is 6.09 Å². The number of amides is 1. The molecule has 0 spiro atoms. The fraction of sp³-hybridized carbons (Fsp3) is 0.588. The van der Waals surface area contributed by atoms with Crippen LogP contribution in [0.15, 0.2) is 18.2 Å². The van der Waals surface area contributed by atoms with Crippen LogP contribution in [0.5, 0.6) is 0 Å². The summed E-state index contributed by atoms with van der Waals surface area (Å²) in [5.41, 5.74) is 8.27. The van der Waals surface area contributed by atoms with E-state index in [0.29, 0.717) is 13.1 Å². The fourth-order valence-corrected chi connectivity index (χ4v) is 2.55. The van der Waals surface area contributed by atoms with E-state index in [4.69, 9.17) is 10.5 Å². The number of carbonyl (C=O) groups excluding carboxylic acids is 1. The van der Waals surface area contributed by atoms with Crippen LogP contribution in [0.1, 0.15) is 39.2 Å². The summed E-state index contributed by atoms with van der Waals surface area (Å²) in [5, 5.41) is 3.36. The number of carbonyl (C=O) groups is 1. The van der Waals surface area contributed by atoms with Gasteiger partial charge in [0.05, 0.1) is 5.69 Å². The SMILES string of the molecule is CC(C)(C)OC(=O)N1CCCc2cc(NCCCN)ccc21. The lowest BCUT2D eigenvalue weighted by atomic mass is 10.0. The van der Waals surface area contributed by atoms with E-state index < -0.39 is 5.60 Å². The van der Waals surface area contributed by atoms with Gasteiger partial charge in [0.25, 0.3) is 0 Å². The first-order valence-electron chi connectivity index (χ1n) is 7.98. The minimum atomic E-state index is -0.474. The van der Waals surface area contributed by atoms with Gasteiger partial charge in [-0.2, -0.15) is 0 Å². The Balaban J connectivity index is 2.12. The van der Waals surface area contributed by atoms with Crippen molar-refractivity contribution in [2.75, 3.05) is 29.9 Å². The molecule has 0 radical (unpaired) electrons.